The van der Waals surface area contributed by atoms with E-state index in [1.165, 1.54) is 27.2 Å². The maximum atomic E-state index is 4.97. The number of fused-ring (bicyclic) bond motifs is 3. The summed E-state index contributed by atoms with van der Waals surface area (Å²) in [7, 11) is 0. The van der Waals surface area contributed by atoms with E-state index in [1.54, 1.807) is 0 Å². The van der Waals surface area contributed by atoms with Gasteiger partial charge in [-0.1, -0.05) is 152 Å². The van der Waals surface area contributed by atoms with Crippen LogP contribution in [0.3, 0.4) is 0 Å². The topological polar surface area (TPSA) is 43.6 Å². The first-order valence-electron chi connectivity index (χ1n) is 16.5. The van der Waals surface area contributed by atoms with Crippen molar-refractivity contribution >= 4 is 21.7 Å². The van der Waals surface area contributed by atoms with Gasteiger partial charge in [-0.05, 0) is 57.8 Å². The highest BCUT2D eigenvalue weighted by Gasteiger charge is 2.16. The number of nitrogens with zero attached hydrogens (tertiary/aromatic N) is 4. The lowest BCUT2D eigenvalue weighted by Crippen LogP contribution is -2.00. The highest BCUT2D eigenvalue weighted by molar-refractivity contribution is 6.09. The molecule has 0 saturated heterocycles. The lowest BCUT2D eigenvalue weighted by atomic mass is 10.0. The second kappa shape index (κ2) is 12.2. The van der Waals surface area contributed by atoms with Crippen molar-refractivity contribution in [1.82, 2.24) is 19.5 Å². The van der Waals surface area contributed by atoms with Crippen LogP contribution in [0.5, 0.6) is 0 Å². The zero-order valence-corrected chi connectivity index (χ0v) is 26.6. The van der Waals surface area contributed by atoms with E-state index in [-0.39, 0.29) is 0 Å². The fourth-order valence-electron chi connectivity index (χ4n) is 6.66. The minimum Gasteiger partial charge on any atom is -0.309 e. The molecular weight excluding hydrogens is 597 g/mol. The number of benzene rings is 7. The third-order valence-corrected chi connectivity index (χ3v) is 9.04. The van der Waals surface area contributed by atoms with Crippen LogP contribution in [0.15, 0.2) is 182 Å². The quantitative estimate of drug-likeness (QED) is 0.184. The first kappa shape index (κ1) is 28.6. The van der Waals surface area contributed by atoms with E-state index in [9.17, 15) is 0 Å². The summed E-state index contributed by atoms with van der Waals surface area (Å²) in [6.07, 6.45) is 0. The largest absolute Gasteiger partial charge is 0.309 e. The summed E-state index contributed by atoms with van der Waals surface area (Å²) < 4.78 is 2.38. The summed E-state index contributed by atoms with van der Waals surface area (Å²) >= 11 is 0. The van der Waals surface area contributed by atoms with E-state index < -0.39 is 0 Å². The number of hydrogen-bond acceptors (Lipinski definition) is 3. The summed E-state index contributed by atoms with van der Waals surface area (Å²) in [5.74, 6) is 1.94. The zero-order chi connectivity index (χ0) is 32.6. The molecule has 4 nitrogen and oxygen atoms in total. The second-order valence-electron chi connectivity index (χ2n) is 12.1. The summed E-state index contributed by atoms with van der Waals surface area (Å²) in [6.45, 7) is 0. The molecule has 2 aromatic heterocycles. The van der Waals surface area contributed by atoms with E-state index in [0.29, 0.717) is 17.5 Å². The summed E-state index contributed by atoms with van der Waals surface area (Å²) in [5, 5.41) is 3.73. The molecule has 4 heteroatoms. The Hall–Kier alpha value is -6.65. The Labute approximate surface area is 284 Å². The second-order valence-corrected chi connectivity index (χ2v) is 12.1. The lowest BCUT2D eigenvalue weighted by molar-refractivity contribution is 1.07. The van der Waals surface area contributed by atoms with Crippen LogP contribution in [0.2, 0.25) is 0 Å². The van der Waals surface area contributed by atoms with E-state index in [1.807, 2.05) is 60.7 Å². The maximum Gasteiger partial charge on any atom is 0.164 e. The SMILES string of the molecule is c1ccc(-c2nc(-c3ccccc3)nc(-c3cccc(-c4cccc(-n5c(-c6ccccc6)cc6c7ccccc7ccc65)c4)c3)n2)cc1. The monoisotopic (exact) mass is 626 g/mol. The van der Waals surface area contributed by atoms with Gasteiger partial charge in [0.2, 0.25) is 0 Å². The van der Waals surface area contributed by atoms with E-state index in [4.69, 9.17) is 15.0 Å². The number of rotatable bonds is 6. The Morgan fingerprint density at radius 2 is 0.837 bits per heavy atom. The average Bonchev–Trinajstić information content (AvgIpc) is 3.59. The van der Waals surface area contributed by atoms with Gasteiger partial charge in [0.05, 0.1) is 11.2 Å². The normalized spacial score (nSPS) is 11.3. The number of aromatic nitrogens is 4. The third-order valence-electron chi connectivity index (χ3n) is 9.04. The standard InChI is InChI=1S/C45H30N4/c1-4-15-32(16-5-1)42-30-40-39-25-11-10-14-31(39)26-27-41(40)49(42)38-24-13-22-36(29-38)35-21-12-23-37(28-35)45-47-43(33-17-6-2-7-18-33)46-44(48-45)34-19-8-3-9-20-34/h1-30H. The summed E-state index contributed by atoms with van der Waals surface area (Å²) in [6, 6.07) is 63.5. The molecule has 0 unspecified atom stereocenters. The maximum absolute atomic E-state index is 4.97. The predicted octanol–water partition coefficient (Wildman–Crippen LogP) is 11.3. The van der Waals surface area contributed by atoms with Gasteiger partial charge in [-0.25, -0.2) is 15.0 Å². The van der Waals surface area contributed by atoms with Gasteiger partial charge in [0.15, 0.2) is 17.5 Å². The molecule has 0 atom stereocenters. The van der Waals surface area contributed by atoms with E-state index in [2.05, 4.69) is 126 Å². The molecule has 0 aliphatic rings. The molecule has 9 rings (SSSR count). The van der Waals surface area contributed by atoms with Crippen molar-refractivity contribution in [2.24, 2.45) is 0 Å². The predicted molar refractivity (Wildman–Crippen MR) is 201 cm³/mol. The van der Waals surface area contributed by atoms with Gasteiger partial charge >= 0.3 is 0 Å². The van der Waals surface area contributed by atoms with Crippen molar-refractivity contribution in [1.29, 1.82) is 0 Å². The molecule has 0 radical (unpaired) electrons. The van der Waals surface area contributed by atoms with Crippen molar-refractivity contribution < 1.29 is 0 Å². The van der Waals surface area contributed by atoms with Crippen LogP contribution in [0, 0.1) is 0 Å². The first-order valence-corrected chi connectivity index (χ1v) is 16.5. The zero-order valence-electron chi connectivity index (χ0n) is 26.6. The van der Waals surface area contributed by atoms with Crippen LogP contribution in [0.4, 0.5) is 0 Å². The molecular formula is C45H30N4. The van der Waals surface area contributed by atoms with Gasteiger partial charge in [-0.2, -0.15) is 0 Å². The van der Waals surface area contributed by atoms with Crippen LogP contribution in [-0.2, 0) is 0 Å². The molecule has 7 aromatic carbocycles. The highest BCUT2D eigenvalue weighted by atomic mass is 15.0. The molecule has 0 N–H and O–H groups in total. The van der Waals surface area contributed by atoms with E-state index in [0.717, 1.165) is 39.2 Å². The molecule has 0 amide bonds. The Balaban J connectivity index is 1.18. The van der Waals surface area contributed by atoms with Crippen LogP contribution in [-0.4, -0.2) is 19.5 Å². The molecule has 2 heterocycles. The van der Waals surface area contributed by atoms with Crippen molar-refractivity contribution in [3.05, 3.63) is 182 Å². The minimum atomic E-state index is 0.639. The molecule has 0 fully saturated rings. The van der Waals surface area contributed by atoms with Crippen molar-refractivity contribution in [3.8, 4) is 62.2 Å². The Kier molecular flexibility index (Phi) is 7.10. The van der Waals surface area contributed by atoms with Crippen LogP contribution in [0.25, 0.3) is 83.9 Å². The van der Waals surface area contributed by atoms with Gasteiger partial charge in [-0.15, -0.1) is 0 Å². The molecule has 230 valence electrons. The smallest absolute Gasteiger partial charge is 0.164 e. The number of hydrogen-bond donors (Lipinski definition) is 0. The summed E-state index contributed by atoms with van der Waals surface area (Å²) in [5.41, 5.74) is 9.65. The third kappa shape index (κ3) is 5.35. The minimum absolute atomic E-state index is 0.639. The van der Waals surface area contributed by atoms with Crippen LogP contribution < -0.4 is 0 Å². The van der Waals surface area contributed by atoms with Crippen molar-refractivity contribution in [2.75, 3.05) is 0 Å². The molecule has 9 aromatic rings. The molecule has 0 spiro atoms. The first-order chi connectivity index (χ1) is 24.3. The van der Waals surface area contributed by atoms with Gasteiger partial charge < -0.3 is 4.57 Å². The van der Waals surface area contributed by atoms with Crippen LogP contribution >= 0.6 is 0 Å². The molecule has 0 bridgehead atoms. The average molecular weight is 627 g/mol. The van der Waals surface area contributed by atoms with Gasteiger partial charge in [0.25, 0.3) is 0 Å². The van der Waals surface area contributed by atoms with Gasteiger partial charge in [0, 0.05) is 27.8 Å². The molecule has 0 aliphatic carbocycles. The fourth-order valence-corrected chi connectivity index (χ4v) is 6.66. The van der Waals surface area contributed by atoms with Crippen LogP contribution in [0.1, 0.15) is 0 Å². The highest BCUT2D eigenvalue weighted by Crippen LogP contribution is 2.37. The molecule has 0 saturated carbocycles. The summed E-state index contributed by atoms with van der Waals surface area (Å²) in [4.78, 5) is 14.8. The molecule has 49 heavy (non-hydrogen) atoms. The van der Waals surface area contributed by atoms with E-state index >= 15 is 0 Å². The Morgan fingerprint density at radius 3 is 1.51 bits per heavy atom. The van der Waals surface area contributed by atoms with Gasteiger partial charge in [-0.3, -0.25) is 0 Å². The lowest BCUT2D eigenvalue weighted by Gasteiger charge is -2.14. The van der Waals surface area contributed by atoms with Gasteiger partial charge in [0.1, 0.15) is 0 Å². The Bertz CT molecular complexity index is 2530. The van der Waals surface area contributed by atoms with Crippen molar-refractivity contribution in [2.45, 2.75) is 0 Å². The van der Waals surface area contributed by atoms with Crippen molar-refractivity contribution in [3.63, 3.8) is 0 Å². The Morgan fingerprint density at radius 1 is 0.327 bits per heavy atom. The fraction of sp³-hybridized carbons (Fsp3) is 0. The molecule has 0 aliphatic heterocycles.